The molecule has 2 aromatic carbocycles. The lowest BCUT2D eigenvalue weighted by Crippen LogP contribution is -2.14. The summed E-state index contributed by atoms with van der Waals surface area (Å²) in [4.78, 5) is 16.3. The normalized spacial score (nSPS) is 11.6. The first-order valence-corrected chi connectivity index (χ1v) is 9.26. The Labute approximate surface area is 171 Å². The Morgan fingerprint density at radius 2 is 1.87 bits per heavy atom. The minimum Gasteiger partial charge on any atom is -0.466 e. The van der Waals surface area contributed by atoms with E-state index in [-0.39, 0.29) is 17.8 Å². The predicted octanol–water partition coefficient (Wildman–Crippen LogP) is 4.95. The summed E-state index contributed by atoms with van der Waals surface area (Å²) in [5.74, 6) is 0.423. The quantitative estimate of drug-likeness (QED) is 0.615. The first kappa shape index (κ1) is 21.4. The van der Waals surface area contributed by atoms with E-state index in [9.17, 15) is 18.0 Å². The zero-order valence-electron chi connectivity index (χ0n) is 16.7. The predicted molar refractivity (Wildman–Crippen MR) is 106 cm³/mol. The second kappa shape index (κ2) is 8.56. The zero-order chi connectivity index (χ0) is 21.9. The molecular weight excluding hydrogens is 397 g/mol. The number of alkyl halides is 3. The summed E-state index contributed by atoms with van der Waals surface area (Å²) in [5, 5.41) is 7.09. The number of carbonyl (C=O) groups excluding carboxylic acids is 1. The van der Waals surface area contributed by atoms with Gasteiger partial charge in [-0.25, -0.2) is 4.68 Å². The van der Waals surface area contributed by atoms with E-state index in [4.69, 9.17) is 4.74 Å². The van der Waals surface area contributed by atoms with Crippen molar-refractivity contribution in [3.63, 3.8) is 0 Å². The maximum Gasteiger partial charge on any atom is 0.416 e. The number of rotatable bonds is 6. The summed E-state index contributed by atoms with van der Waals surface area (Å²) in [6.07, 6.45) is -4.04. The van der Waals surface area contributed by atoms with Crippen LogP contribution < -0.4 is 10.1 Å². The van der Waals surface area contributed by atoms with Crippen LogP contribution in [0.25, 0.3) is 17.1 Å². The Bertz CT molecular complexity index is 1030. The average molecular weight is 418 g/mol. The maximum absolute atomic E-state index is 12.9. The molecule has 1 amide bonds. The molecule has 0 aliphatic rings. The molecule has 0 saturated heterocycles. The summed E-state index contributed by atoms with van der Waals surface area (Å²) < 4.78 is 45.2. The Hall–Kier alpha value is -3.36. The molecule has 1 heterocycles. The fourth-order valence-electron chi connectivity index (χ4n) is 2.85. The van der Waals surface area contributed by atoms with Crippen molar-refractivity contribution in [3.8, 4) is 23.1 Å². The number of halogens is 3. The van der Waals surface area contributed by atoms with Gasteiger partial charge >= 0.3 is 12.2 Å². The number of methoxy groups -OCH3 is 1. The van der Waals surface area contributed by atoms with Crippen LogP contribution in [0.15, 0.2) is 48.5 Å². The van der Waals surface area contributed by atoms with Gasteiger partial charge in [0.2, 0.25) is 5.91 Å². The summed E-state index contributed by atoms with van der Waals surface area (Å²) >= 11 is 0. The zero-order valence-corrected chi connectivity index (χ0v) is 16.7. The SMILES string of the molecule is COc1nc(-c2ccc(C(F)(F)F)cc2)n(-c2cccc(NC(=O)CC(C)C)c2)n1. The van der Waals surface area contributed by atoms with Crippen LogP contribution in [0.5, 0.6) is 6.01 Å². The van der Waals surface area contributed by atoms with Crippen molar-refractivity contribution in [2.24, 2.45) is 5.92 Å². The van der Waals surface area contributed by atoms with Crippen molar-refractivity contribution in [2.75, 3.05) is 12.4 Å². The molecule has 0 aliphatic carbocycles. The van der Waals surface area contributed by atoms with Gasteiger partial charge in [0.25, 0.3) is 0 Å². The lowest BCUT2D eigenvalue weighted by molar-refractivity contribution is -0.137. The highest BCUT2D eigenvalue weighted by Gasteiger charge is 2.30. The molecule has 158 valence electrons. The Morgan fingerprint density at radius 3 is 2.47 bits per heavy atom. The van der Waals surface area contributed by atoms with Crippen LogP contribution in [0.2, 0.25) is 0 Å². The number of nitrogens with one attached hydrogen (secondary N) is 1. The van der Waals surface area contributed by atoms with Crippen molar-refractivity contribution in [3.05, 3.63) is 54.1 Å². The summed E-state index contributed by atoms with van der Waals surface area (Å²) in [6, 6.07) is 11.7. The van der Waals surface area contributed by atoms with Crippen LogP contribution in [-0.4, -0.2) is 27.8 Å². The van der Waals surface area contributed by atoms with E-state index in [1.54, 1.807) is 24.3 Å². The van der Waals surface area contributed by atoms with Gasteiger partial charge in [0.15, 0.2) is 5.82 Å². The maximum atomic E-state index is 12.9. The van der Waals surface area contributed by atoms with Crippen LogP contribution in [0.1, 0.15) is 25.8 Å². The number of carbonyl (C=O) groups is 1. The second-order valence-electron chi connectivity index (χ2n) is 7.11. The van der Waals surface area contributed by atoms with Crippen molar-refractivity contribution in [1.82, 2.24) is 14.8 Å². The van der Waals surface area contributed by atoms with E-state index in [2.05, 4.69) is 15.4 Å². The highest BCUT2D eigenvalue weighted by molar-refractivity contribution is 5.91. The number of amides is 1. The number of anilines is 1. The van der Waals surface area contributed by atoms with E-state index < -0.39 is 11.7 Å². The number of benzene rings is 2. The van der Waals surface area contributed by atoms with Crippen molar-refractivity contribution in [2.45, 2.75) is 26.4 Å². The van der Waals surface area contributed by atoms with Gasteiger partial charge in [-0.15, -0.1) is 5.10 Å². The lowest BCUT2D eigenvalue weighted by atomic mass is 10.1. The second-order valence-corrected chi connectivity index (χ2v) is 7.11. The van der Waals surface area contributed by atoms with E-state index in [0.717, 1.165) is 12.1 Å². The molecule has 30 heavy (non-hydrogen) atoms. The molecule has 0 aliphatic heterocycles. The van der Waals surface area contributed by atoms with Gasteiger partial charge < -0.3 is 10.1 Å². The van der Waals surface area contributed by atoms with E-state index in [1.807, 2.05) is 13.8 Å². The molecule has 0 saturated carbocycles. The molecule has 0 unspecified atom stereocenters. The topological polar surface area (TPSA) is 69.0 Å². The number of hydrogen-bond acceptors (Lipinski definition) is 4. The average Bonchev–Trinajstić information content (AvgIpc) is 3.11. The number of nitrogens with zero attached hydrogens (tertiary/aromatic N) is 3. The first-order chi connectivity index (χ1) is 14.2. The van der Waals surface area contributed by atoms with Crippen LogP contribution >= 0.6 is 0 Å². The van der Waals surface area contributed by atoms with Gasteiger partial charge in [-0.3, -0.25) is 4.79 Å². The van der Waals surface area contributed by atoms with Gasteiger partial charge in [-0.05, 0) is 36.2 Å². The standard InChI is InChI=1S/C21H21F3N4O2/c1-13(2)11-18(29)25-16-5-4-6-17(12-16)28-19(26-20(27-28)30-3)14-7-9-15(10-8-14)21(22,23)24/h4-10,12-13H,11H2,1-3H3,(H,25,29). The van der Waals surface area contributed by atoms with Gasteiger partial charge in [0.1, 0.15) is 0 Å². The molecule has 0 radical (unpaired) electrons. The summed E-state index contributed by atoms with van der Waals surface area (Å²) in [7, 11) is 1.40. The van der Waals surface area contributed by atoms with E-state index in [1.165, 1.54) is 23.9 Å². The third kappa shape index (κ3) is 4.97. The van der Waals surface area contributed by atoms with Crippen LogP contribution in [0, 0.1) is 5.92 Å². The molecule has 3 rings (SSSR count). The van der Waals surface area contributed by atoms with Crippen molar-refractivity contribution in [1.29, 1.82) is 0 Å². The van der Waals surface area contributed by atoms with E-state index in [0.29, 0.717) is 29.2 Å². The number of aromatic nitrogens is 3. The highest BCUT2D eigenvalue weighted by atomic mass is 19.4. The molecule has 0 fully saturated rings. The summed E-state index contributed by atoms with van der Waals surface area (Å²) in [6.45, 7) is 3.90. The van der Waals surface area contributed by atoms with Crippen LogP contribution in [-0.2, 0) is 11.0 Å². The Balaban J connectivity index is 1.96. The Kier molecular flexibility index (Phi) is 6.09. The van der Waals surface area contributed by atoms with Gasteiger partial charge in [-0.2, -0.15) is 18.2 Å². The van der Waals surface area contributed by atoms with E-state index >= 15 is 0 Å². The molecule has 3 aromatic rings. The summed E-state index contributed by atoms with van der Waals surface area (Å²) in [5.41, 5.74) is 0.834. The van der Waals surface area contributed by atoms with Gasteiger partial charge in [0.05, 0.1) is 18.4 Å². The first-order valence-electron chi connectivity index (χ1n) is 9.26. The largest absolute Gasteiger partial charge is 0.466 e. The van der Waals surface area contributed by atoms with Gasteiger partial charge in [-0.1, -0.05) is 32.0 Å². The molecule has 0 bridgehead atoms. The van der Waals surface area contributed by atoms with Crippen LogP contribution in [0.4, 0.5) is 18.9 Å². The fraction of sp³-hybridized carbons (Fsp3) is 0.286. The molecule has 0 atom stereocenters. The number of hydrogen-bond donors (Lipinski definition) is 1. The third-order valence-corrected chi connectivity index (χ3v) is 4.21. The highest BCUT2D eigenvalue weighted by Crippen LogP contribution is 2.31. The van der Waals surface area contributed by atoms with Crippen molar-refractivity contribution >= 4 is 11.6 Å². The molecule has 6 nitrogen and oxygen atoms in total. The molecule has 9 heteroatoms. The lowest BCUT2D eigenvalue weighted by Gasteiger charge is -2.11. The minimum absolute atomic E-state index is 0.0687. The Morgan fingerprint density at radius 1 is 1.17 bits per heavy atom. The molecular formula is C21H21F3N4O2. The molecule has 1 N–H and O–H groups in total. The third-order valence-electron chi connectivity index (χ3n) is 4.21. The molecule has 0 spiro atoms. The monoisotopic (exact) mass is 418 g/mol. The fourth-order valence-corrected chi connectivity index (χ4v) is 2.85. The molecule has 1 aromatic heterocycles. The smallest absolute Gasteiger partial charge is 0.416 e. The minimum atomic E-state index is -4.42. The van der Waals surface area contributed by atoms with Crippen molar-refractivity contribution < 1.29 is 22.7 Å². The number of ether oxygens (including phenoxy) is 1. The van der Waals surface area contributed by atoms with Gasteiger partial charge in [0, 0.05) is 17.7 Å². The van der Waals surface area contributed by atoms with Crippen LogP contribution in [0.3, 0.4) is 0 Å².